The normalized spacial score (nSPS) is 27.8. The zero-order valence-corrected chi connectivity index (χ0v) is 25.2. The molecule has 2 aromatic carbocycles. The third kappa shape index (κ3) is 5.05. The summed E-state index contributed by atoms with van der Waals surface area (Å²) in [6.45, 7) is 1.49. The number of Topliss-reactive ketones (excluding diaryl/α,β-unsaturated/α-hetero) is 2. The number of rotatable bonds is 4. The zero-order chi connectivity index (χ0) is 36.0. The lowest BCUT2D eigenvalue weighted by molar-refractivity contribution is -0.162. The lowest BCUT2D eigenvalue weighted by atomic mass is 9.55. The minimum Gasteiger partial charge on any atom is -0.510 e. The summed E-state index contributed by atoms with van der Waals surface area (Å²) in [6, 6.07) is 1.96. The SMILES string of the molecule is C[C@H]1c2ccc(/C=C/c3cc(C(F)(F)F)cc(C(F)(F)F)c3)c(O)c2C(=O)C2=C(O)[C@]3(O)C(=O)C(C(N)=O)=C(O)[C@@H](N(C)C)[C@@H]3[C@@H](O)[C@@H]21. The minimum atomic E-state index is -5.11. The van der Waals surface area contributed by atoms with Crippen LogP contribution in [-0.2, 0) is 21.9 Å². The maximum Gasteiger partial charge on any atom is 0.416 e. The molecule has 0 fully saturated rings. The molecule has 0 saturated carbocycles. The van der Waals surface area contributed by atoms with Crippen LogP contribution in [0.5, 0.6) is 5.75 Å². The van der Waals surface area contributed by atoms with E-state index in [1.54, 1.807) is 0 Å². The van der Waals surface area contributed by atoms with Gasteiger partial charge in [-0.15, -0.1) is 0 Å². The first-order valence-corrected chi connectivity index (χ1v) is 14.2. The summed E-state index contributed by atoms with van der Waals surface area (Å²) < 4.78 is 80.0. The summed E-state index contributed by atoms with van der Waals surface area (Å²) >= 11 is 0. The predicted molar refractivity (Wildman–Crippen MR) is 155 cm³/mol. The highest BCUT2D eigenvalue weighted by molar-refractivity contribution is 6.25. The van der Waals surface area contributed by atoms with Crippen molar-refractivity contribution in [3.63, 3.8) is 0 Å². The van der Waals surface area contributed by atoms with Crippen molar-refractivity contribution < 1.29 is 66.3 Å². The lowest BCUT2D eigenvalue weighted by Gasteiger charge is -2.53. The fourth-order valence-corrected chi connectivity index (χ4v) is 7.03. The smallest absolute Gasteiger partial charge is 0.416 e. The van der Waals surface area contributed by atoms with E-state index in [-0.39, 0.29) is 17.2 Å². The number of hydrogen-bond donors (Lipinski definition) is 6. The quantitative estimate of drug-likeness (QED) is 0.159. The molecular weight excluding hydrogens is 654 g/mol. The molecule has 7 N–H and O–H groups in total. The molecule has 0 bridgehead atoms. The molecule has 0 saturated heterocycles. The van der Waals surface area contributed by atoms with E-state index in [0.717, 1.165) is 12.2 Å². The molecule has 5 rings (SSSR count). The predicted octanol–water partition coefficient (Wildman–Crippen LogP) is 3.86. The number of carbonyl (C=O) groups excluding carboxylic acids is 3. The van der Waals surface area contributed by atoms with Crippen molar-refractivity contribution in [2.45, 2.75) is 42.9 Å². The number of aliphatic hydroxyl groups excluding tert-OH is 3. The van der Waals surface area contributed by atoms with Crippen LogP contribution in [0.1, 0.15) is 51.0 Å². The van der Waals surface area contributed by atoms with E-state index in [4.69, 9.17) is 5.73 Å². The topological polar surface area (TPSA) is 182 Å². The van der Waals surface area contributed by atoms with E-state index in [2.05, 4.69) is 0 Å². The monoisotopic (exact) mass is 682 g/mol. The number of likely N-dealkylation sites (N-methyl/N-ethyl adjacent to an activating group) is 1. The number of primary amides is 1. The van der Waals surface area contributed by atoms with Gasteiger partial charge in [-0.2, -0.15) is 26.3 Å². The second kappa shape index (κ2) is 11.2. The van der Waals surface area contributed by atoms with Gasteiger partial charge in [-0.05, 0) is 49.3 Å². The zero-order valence-electron chi connectivity index (χ0n) is 25.2. The van der Waals surface area contributed by atoms with Gasteiger partial charge in [0.1, 0.15) is 22.8 Å². The fourth-order valence-electron chi connectivity index (χ4n) is 7.03. The van der Waals surface area contributed by atoms with Crippen LogP contribution in [0.2, 0.25) is 0 Å². The lowest BCUT2D eigenvalue weighted by Crippen LogP contribution is -2.68. The first kappa shape index (κ1) is 34.7. The maximum absolute atomic E-state index is 14.0. The molecule has 0 aromatic heterocycles. The summed E-state index contributed by atoms with van der Waals surface area (Å²) in [6.07, 6.45) is -10.2. The van der Waals surface area contributed by atoms with Crippen LogP contribution in [0.15, 0.2) is 53.0 Å². The van der Waals surface area contributed by atoms with Gasteiger partial charge in [-0.25, -0.2) is 0 Å². The molecule has 16 heteroatoms. The van der Waals surface area contributed by atoms with Crippen LogP contribution in [-0.4, -0.2) is 79.7 Å². The Labute approximate surface area is 267 Å². The number of hydrogen-bond acceptors (Lipinski definition) is 9. The van der Waals surface area contributed by atoms with Gasteiger partial charge >= 0.3 is 12.4 Å². The third-order valence-corrected chi connectivity index (χ3v) is 9.23. The minimum absolute atomic E-state index is 0.0528. The molecule has 48 heavy (non-hydrogen) atoms. The van der Waals surface area contributed by atoms with Crippen LogP contribution < -0.4 is 5.73 Å². The number of fused-ring (bicyclic) bond motifs is 3. The van der Waals surface area contributed by atoms with E-state index >= 15 is 0 Å². The van der Waals surface area contributed by atoms with E-state index < -0.39 is 116 Å². The molecule has 10 nitrogen and oxygen atoms in total. The van der Waals surface area contributed by atoms with Crippen molar-refractivity contribution in [3.8, 4) is 5.75 Å². The third-order valence-electron chi connectivity index (χ3n) is 9.23. The van der Waals surface area contributed by atoms with Crippen LogP contribution in [0.4, 0.5) is 26.3 Å². The number of aromatic hydroxyl groups is 1. The number of phenols is 1. The van der Waals surface area contributed by atoms with Crippen molar-refractivity contribution in [1.29, 1.82) is 0 Å². The molecule has 2 aromatic rings. The molecule has 0 radical (unpaired) electrons. The summed E-state index contributed by atoms with van der Waals surface area (Å²) in [5.74, 6) is -11.1. The molecule has 3 aliphatic rings. The number of ketones is 2. The second-order valence-electron chi connectivity index (χ2n) is 12.2. The molecule has 1 amide bonds. The number of phenolic OH excluding ortho intramolecular Hbond substituents is 1. The maximum atomic E-state index is 14.0. The molecule has 256 valence electrons. The molecule has 6 atom stereocenters. The van der Waals surface area contributed by atoms with Crippen molar-refractivity contribution >= 4 is 29.6 Å². The van der Waals surface area contributed by atoms with Gasteiger partial charge in [-0.1, -0.05) is 31.2 Å². The standard InChI is InChI=1S/C32H28F6N2O8/c1-11-16-7-6-13(5-4-12-8-14(31(33,34)35)10-15(9-12)32(36,37)38)23(41)18(16)24(42)19-17(11)25(43)21-22(40(2)3)26(44)20(29(39)47)28(46)30(21,48)27(19)45/h4-11,17,21-22,25,41,43-45,48H,1-3H3,(H2,39,47)/b5-4+/t11-,17+,21+,22-,25-,30-/m0/s1. The first-order chi connectivity index (χ1) is 22.0. The average Bonchev–Trinajstić information content (AvgIpc) is 2.97. The molecule has 3 aliphatic carbocycles. The highest BCUT2D eigenvalue weighted by atomic mass is 19.4. The van der Waals surface area contributed by atoms with Gasteiger partial charge in [0.2, 0.25) is 5.78 Å². The Kier molecular flexibility index (Phi) is 8.09. The number of aliphatic hydroxyl groups is 4. The van der Waals surface area contributed by atoms with Crippen molar-refractivity contribution in [3.05, 3.63) is 86.4 Å². The van der Waals surface area contributed by atoms with Gasteiger partial charge in [0.25, 0.3) is 5.91 Å². The van der Waals surface area contributed by atoms with Gasteiger partial charge in [0.15, 0.2) is 11.4 Å². The summed E-state index contributed by atoms with van der Waals surface area (Å²) in [4.78, 5) is 40.9. The number of halogens is 6. The van der Waals surface area contributed by atoms with Crippen molar-refractivity contribution in [2.75, 3.05) is 14.1 Å². The largest absolute Gasteiger partial charge is 0.510 e. The first-order valence-electron chi connectivity index (χ1n) is 14.2. The number of nitrogens with zero attached hydrogens (tertiary/aromatic N) is 1. The molecule has 0 heterocycles. The van der Waals surface area contributed by atoms with Gasteiger partial charge in [0, 0.05) is 17.1 Å². The van der Waals surface area contributed by atoms with E-state index in [0.29, 0.717) is 12.1 Å². The van der Waals surface area contributed by atoms with Crippen LogP contribution in [0.3, 0.4) is 0 Å². The summed E-state index contributed by atoms with van der Waals surface area (Å²) in [7, 11) is 2.78. The highest BCUT2D eigenvalue weighted by Crippen LogP contribution is 2.55. The molecule has 0 unspecified atom stereocenters. The number of alkyl halides is 6. The Hall–Kier alpha value is -4.67. The highest BCUT2D eigenvalue weighted by Gasteiger charge is 2.67. The van der Waals surface area contributed by atoms with Crippen molar-refractivity contribution in [1.82, 2.24) is 4.90 Å². The summed E-state index contributed by atoms with van der Waals surface area (Å²) in [5, 5.41) is 56.9. The Morgan fingerprint density at radius 3 is 2.02 bits per heavy atom. The van der Waals surface area contributed by atoms with E-state index in [1.165, 1.54) is 38.1 Å². The Balaban J connectivity index is 1.66. The number of carbonyl (C=O) groups is 3. The molecular formula is C32H28F6N2O8. The van der Waals surface area contributed by atoms with E-state index in [9.17, 15) is 66.3 Å². The molecule has 0 aliphatic heterocycles. The fraction of sp³-hybridized carbons (Fsp3) is 0.344. The van der Waals surface area contributed by atoms with Gasteiger partial charge in [0.05, 0.1) is 34.8 Å². The van der Waals surface area contributed by atoms with E-state index in [1.807, 2.05) is 0 Å². The van der Waals surface area contributed by atoms with Gasteiger partial charge in [-0.3, -0.25) is 19.3 Å². The van der Waals surface area contributed by atoms with Crippen LogP contribution >= 0.6 is 0 Å². The number of amides is 1. The Morgan fingerprint density at radius 1 is 0.958 bits per heavy atom. The van der Waals surface area contributed by atoms with Crippen LogP contribution in [0.25, 0.3) is 12.2 Å². The second-order valence-corrected chi connectivity index (χ2v) is 12.2. The molecule has 0 spiro atoms. The van der Waals surface area contributed by atoms with Crippen molar-refractivity contribution in [2.24, 2.45) is 17.6 Å². The van der Waals surface area contributed by atoms with Crippen LogP contribution in [0, 0.1) is 11.8 Å². The average molecular weight is 683 g/mol. The Bertz CT molecular complexity index is 1830. The van der Waals surface area contributed by atoms with Gasteiger partial charge < -0.3 is 31.3 Å². The summed E-state index contributed by atoms with van der Waals surface area (Å²) in [5.41, 5.74) is -3.91. The Morgan fingerprint density at radius 2 is 1.52 bits per heavy atom. The number of benzene rings is 2. The number of nitrogens with two attached hydrogens (primary N) is 1.